The molecule has 3 aliphatic rings. The van der Waals surface area contributed by atoms with Gasteiger partial charge in [0, 0.05) is 37.4 Å². The number of nitrogens with one attached hydrogen (secondary N) is 1. The molecule has 2 aliphatic carbocycles. The lowest BCUT2D eigenvalue weighted by Crippen LogP contribution is -2.60. The Morgan fingerprint density at radius 3 is 2.63 bits per heavy atom. The van der Waals surface area contributed by atoms with E-state index < -0.39 is 11.7 Å². The Hall–Kier alpha value is -3.27. The largest absolute Gasteiger partial charge is 0.417 e. The van der Waals surface area contributed by atoms with Crippen LogP contribution in [0.2, 0.25) is 5.02 Å². The van der Waals surface area contributed by atoms with Crippen molar-refractivity contribution < 1.29 is 18.0 Å². The van der Waals surface area contributed by atoms with Crippen molar-refractivity contribution in [1.82, 2.24) is 24.8 Å². The number of pyridine rings is 2. The van der Waals surface area contributed by atoms with Crippen LogP contribution in [0.25, 0.3) is 11.5 Å². The second-order valence-electron chi connectivity index (χ2n) is 9.52. The van der Waals surface area contributed by atoms with E-state index in [-0.39, 0.29) is 34.2 Å². The summed E-state index contributed by atoms with van der Waals surface area (Å²) in [6, 6.07) is 4.09. The Morgan fingerprint density at radius 1 is 1.14 bits per heavy atom. The monoisotopic (exact) mass is 500 g/mol. The van der Waals surface area contributed by atoms with Gasteiger partial charge in [0.25, 0.3) is 5.91 Å². The first-order valence-electron chi connectivity index (χ1n) is 11.2. The van der Waals surface area contributed by atoms with E-state index >= 15 is 0 Å². The number of carbonyl (C=O) groups excluding carboxylic acids is 1. The third-order valence-corrected chi connectivity index (χ3v) is 7.67. The highest BCUT2D eigenvalue weighted by atomic mass is 35.5. The standard InChI is InChI=1S/C24H20ClF3N6O/c1-12-5-15(18(31-9-12)21-29-3-2-4-30-21)22(35)34-11-14-7-23(14)8-17(19(23)34)33-20-16(25)6-13(10-32-20)24(26,27)28/h2-6,9-10,14,17,19H,7-8,11H2,1H3,(H,32,33). The van der Waals surface area contributed by atoms with Crippen molar-refractivity contribution in [3.63, 3.8) is 0 Å². The van der Waals surface area contributed by atoms with Gasteiger partial charge < -0.3 is 10.2 Å². The van der Waals surface area contributed by atoms with Crippen LogP contribution in [0.4, 0.5) is 19.0 Å². The van der Waals surface area contributed by atoms with Crippen molar-refractivity contribution >= 4 is 23.3 Å². The van der Waals surface area contributed by atoms with Crippen LogP contribution in [0.5, 0.6) is 0 Å². The molecule has 7 nitrogen and oxygen atoms in total. The lowest BCUT2D eigenvalue weighted by atomic mass is 9.71. The number of amides is 1. The number of piperidine rings is 1. The normalized spacial score (nSPS) is 26.5. The molecule has 3 aromatic rings. The zero-order valence-electron chi connectivity index (χ0n) is 18.6. The van der Waals surface area contributed by atoms with Crippen molar-refractivity contribution in [2.75, 3.05) is 11.9 Å². The zero-order chi connectivity index (χ0) is 24.5. The quantitative estimate of drug-likeness (QED) is 0.562. The fourth-order valence-electron chi connectivity index (χ4n) is 5.72. The molecular formula is C24H20ClF3N6O. The SMILES string of the molecule is Cc1cnc(-c2ncccn2)c(C(=O)N2CC3CC34CC(Nc3ncc(C(F)(F)F)cc3Cl)C24)c1. The molecule has 1 spiro atoms. The maximum absolute atomic E-state index is 13.8. The third-order valence-electron chi connectivity index (χ3n) is 7.39. The lowest BCUT2D eigenvalue weighted by molar-refractivity contribution is -0.137. The van der Waals surface area contributed by atoms with Crippen LogP contribution in [0, 0.1) is 18.3 Å². The Kier molecular flexibility index (Phi) is 4.83. The predicted octanol–water partition coefficient (Wildman–Crippen LogP) is 4.63. The predicted molar refractivity (Wildman–Crippen MR) is 122 cm³/mol. The summed E-state index contributed by atoms with van der Waals surface area (Å²) in [5.41, 5.74) is 0.847. The molecule has 4 unspecified atom stereocenters. The van der Waals surface area contributed by atoms with Crippen molar-refractivity contribution in [2.45, 2.75) is 38.0 Å². The molecule has 3 aromatic heterocycles. The molecule has 1 N–H and O–H groups in total. The lowest BCUT2D eigenvalue weighted by Gasteiger charge is -2.48. The molecule has 1 aliphatic heterocycles. The number of halogens is 4. The number of aryl methyl sites for hydroxylation is 1. The summed E-state index contributed by atoms with van der Waals surface area (Å²) >= 11 is 6.12. The van der Waals surface area contributed by atoms with Crippen molar-refractivity contribution in [2.24, 2.45) is 11.3 Å². The van der Waals surface area contributed by atoms with Gasteiger partial charge in [-0.15, -0.1) is 0 Å². The number of hydrogen-bond acceptors (Lipinski definition) is 6. The van der Waals surface area contributed by atoms with Gasteiger partial charge in [-0.05, 0) is 54.9 Å². The molecule has 6 rings (SSSR count). The summed E-state index contributed by atoms with van der Waals surface area (Å²) in [7, 11) is 0. The number of nitrogens with zero attached hydrogens (tertiary/aromatic N) is 5. The van der Waals surface area contributed by atoms with E-state index in [0.29, 0.717) is 29.5 Å². The summed E-state index contributed by atoms with van der Waals surface area (Å²) < 4.78 is 38.9. The van der Waals surface area contributed by atoms with Gasteiger partial charge in [-0.3, -0.25) is 9.78 Å². The van der Waals surface area contributed by atoms with Crippen LogP contribution in [0.1, 0.15) is 34.3 Å². The summed E-state index contributed by atoms with van der Waals surface area (Å²) in [6.45, 7) is 2.49. The summed E-state index contributed by atoms with van der Waals surface area (Å²) in [5.74, 6) is 0.823. The topological polar surface area (TPSA) is 83.9 Å². The first kappa shape index (κ1) is 22.2. The average Bonchev–Trinajstić information content (AvgIpc) is 3.48. The smallest absolute Gasteiger partial charge is 0.364 e. The number of likely N-dealkylation sites (tertiary alicyclic amines) is 1. The highest BCUT2D eigenvalue weighted by molar-refractivity contribution is 6.33. The Balaban J connectivity index is 1.28. The van der Waals surface area contributed by atoms with Crippen LogP contribution >= 0.6 is 11.6 Å². The van der Waals surface area contributed by atoms with Gasteiger partial charge in [0.2, 0.25) is 0 Å². The zero-order valence-corrected chi connectivity index (χ0v) is 19.3. The molecule has 0 bridgehead atoms. The fourth-order valence-corrected chi connectivity index (χ4v) is 5.94. The van der Waals surface area contributed by atoms with E-state index in [2.05, 4.69) is 25.3 Å². The molecule has 1 saturated heterocycles. The van der Waals surface area contributed by atoms with E-state index in [4.69, 9.17) is 11.6 Å². The van der Waals surface area contributed by atoms with Crippen LogP contribution in [-0.2, 0) is 6.18 Å². The number of anilines is 1. The Labute approximate surface area is 203 Å². The van der Waals surface area contributed by atoms with Crippen molar-refractivity contribution in [3.8, 4) is 11.5 Å². The first-order valence-corrected chi connectivity index (χ1v) is 11.6. The molecular weight excluding hydrogens is 481 g/mol. The second kappa shape index (κ2) is 7.61. The molecule has 3 fully saturated rings. The molecule has 4 atom stereocenters. The Morgan fingerprint density at radius 2 is 1.91 bits per heavy atom. The minimum absolute atomic E-state index is 0.0480. The number of hydrogen-bond donors (Lipinski definition) is 1. The molecule has 0 aromatic carbocycles. The molecule has 2 saturated carbocycles. The summed E-state index contributed by atoms with van der Waals surface area (Å²) in [5, 5.41) is 3.10. The highest BCUT2D eigenvalue weighted by Gasteiger charge is 2.75. The summed E-state index contributed by atoms with van der Waals surface area (Å²) in [4.78, 5) is 32.6. The molecule has 180 valence electrons. The third kappa shape index (κ3) is 3.53. The van der Waals surface area contributed by atoms with Gasteiger partial charge in [-0.2, -0.15) is 13.2 Å². The molecule has 35 heavy (non-hydrogen) atoms. The Bertz CT molecular complexity index is 1340. The van der Waals surface area contributed by atoms with Crippen LogP contribution in [0.3, 0.4) is 0 Å². The molecule has 1 amide bonds. The van der Waals surface area contributed by atoms with Gasteiger partial charge >= 0.3 is 6.18 Å². The number of rotatable bonds is 4. The summed E-state index contributed by atoms with van der Waals surface area (Å²) in [6.07, 6.45) is 2.98. The average molecular weight is 501 g/mol. The molecule has 0 radical (unpaired) electrons. The maximum Gasteiger partial charge on any atom is 0.417 e. The van der Waals surface area contributed by atoms with Gasteiger partial charge in [0.1, 0.15) is 11.5 Å². The van der Waals surface area contributed by atoms with Crippen molar-refractivity contribution in [1.29, 1.82) is 0 Å². The van der Waals surface area contributed by atoms with E-state index in [0.717, 1.165) is 30.7 Å². The van der Waals surface area contributed by atoms with Crippen LogP contribution in [0.15, 0.2) is 43.0 Å². The number of alkyl halides is 3. The number of aromatic nitrogens is 4. The van der Waals surface area contributed by atoms with Crippen molar-refractivity contribution in [3.05, 3.63) is 64.7 Å². The molecule has 4 heterocycles. The van der Waals surface area contributed by atoms with Crippen LogP contribution < -0.4 is 5.32 Å². The van der Waals surface area contributed by atoms with Gasteiger partial charge in [-0.25, -0.2) is 15.0 Å². The fraction of sp³-hybridized carbons (Fsp3) is 0.375. The van der Waals surface area contributed by atoms with E-state index in [9.17, 15) is 18.0 Å². The minimum Gasteiger partial charge on any atom is -0.364 e. The van der Waals surface area contributed by atoms with E-state index in [1.807, 2.05) is 11.8 Å². The van der Waals surface area contributed by atoms with E-state index in [1.165, 1.54) is 0 Å². The highest BCUT2D eigenvalue weighted by Crippen LogP contribution is 2.71. The first-order chi connectivity index (χ1) is 16.7. The van der Waals surface area contributed by atoms with Gasteiger partial charge in [0.15, 0.2) is 5.82 Å². The number of carbonyl (C=O) groups is 1. The molecule has 11 heteroatoms. The minimum atomic E-state index is -4.52. The van der Waals surface area contributed by atoms with Gasteiger partial charge in [0.05, 0.1) is 22.2 Å². The second-order valence-corrected chi connectivity index (χ2v) is 9.93. The maximum atomic E-state index is 13.8. The van der Waals surface area contributed by atoms with Gasteiger partial charge in [-0.1, -0.05) is 11.6 Å². The van der Waals surface area contributed by atoms with Crippen LogP contribution in [-0.4, -0.2) is 49.4 Å². The van der Waals surface area contributed by atoms with E-state index in [1.54, 1.807) is 30.7 Å².